The fraction of sp³-hybridized carbons (Fsp3) is 0.455. The molecular weight excluding hydrogens is 387 g/mol. The van der Waals surface area contributed by atoms with Crippen LogP contribution in [0.3, 0.4) is 0 Å². The number of hydrogen-bond acceptors (Lipinski definition) is 3. The molecule has 0 aromatic heterocycles. The molecule has 0 fully saturated rings. The van der Waals surface area contributed by atoms with E-state index in [9.17, 15) is 8.42 Å². The molecule has 1 aromatic rings. The first kappa shape index (κ1) is 16.0. The van der Waals surface area contributed by atoms with Crippen molar-refractivity contribution in [1.82, 2.24) is 5.32 Å². The predicted octanol–water partition coefficient (Wildman–Crippen LogP) is 2.68. The van der Waals surface area contributed by atoms with Crippen molar-refractivity contribution in [3.05, 3.63) is 26.8 Å². The lowest BCUT2D eigenvalue weighted by Crippen LogP contribution is -2.31. The van der Waals surface area contributed by atoms with Crippen LogP contribution in [0, 0.1) is 3.57 Å². The Labute approximate surface area is 127 Å². The molecule has 0 unspecified atom stereocenters. The molecule has 0 heterocycles. The van der Waals surface area contributed by atoms with Gasteiger partial charge in [-0.05, 0) is 40.8 Å². The predicted molar refractivity (Wildman–Crippen MR) is 84.7 cm³/mol. The summed E-state index contributed by atoms with van der Waals surface area (Å²) in [5.41, 5.74) is 0.424. The molecular formula is C11H16ClIN2O2S. The van der Waals surface area contributed by atoms with E-state index in [-0.39, 0.29) is 11.8 Å². The van der Waals surface area contributed by atoms with E-state index in [1.54, 1.807) is 12.1 Å². The quantitative estimate of drug-likeness (QED) is 0.719. The first-order valence-electron chi connectivity index (χ1n) is 5.49. The van der Waals surface area contributed by atoms with Crippen molar-refractivity contribution in [2.24, 2.45) is 0 Å². The third-order valence-electron chi connectivity index (χ3n) is 2.12. The molecule has 0 aliphatic rings. The lowest BCUT2D eigenvalue weighted by molar-refractivity contribution is 0.582. The first-order valence-corrected chi connectivity index (χ1v) is 8.60. The van der Waals surface area contributed by atoms with Crippen LogP contribution >= 0.6 is 34.2 Å². The Balaban J connectivity index is 2.67. The van der Waals surface area contributed by atoms with E-state index in [1.165, 1.54) is 0 Å². The summed E-state index contributed by atoms with van der Waals surface area (Å²) >= 11 is 8.05. The third kappa shape index (κ3) is 5.73. The average Bonchev–Trinajstić information content (AvgIpc) is 2.22. The Morgan fingerprint density at radius 3 is 2.67 bits per heavy atom. The molecule has 0 saturated heterocycles. The van der Waals surface area contributed by atoms with Crippen LogP contribution < -0.4 is 10.0 Å². The number of sulfonamides is 1. The van der Waals surface area contributed by atoms with Gasteiger partial charge in [0, 0.05) is 16.2 Å². The van der Waals surface area contributed by atoms with E-state index in [4.69, 9.17) is 11.6 Å². The van der Waals surface area contributed by atoms with Gasteiger partial charge in [-0.1, -0.05) is 25.4 Å². The minimum absolute atomic E-state index is 0.0208. The van der Waals surface area contributed by atoms with E-state index < -0.39 is 10.0 Å². The Bertz CT molecular complexity index is 506. The Morgan fingerprint density at radius 1 is 1.39 bits per heavy atom. The van der Waals surface area contributed by atoms with Crippen molar-refractivity contribution in [2.45, 2.75) is 19.9 Å². The van der Waals surface area contributed by atoms with Crippen molar-refractivity contribution in [3.8, 4) is 0 Å². The first-order chi connectivity index (χ1) is 8.30. The van der Waals surface area contributed by atoms with Gasteiger partial charge in [-0.2, -0.15) is 0 Å². The number of anilines is 1. The monoisotopic (exact) mass is 402 g/mol. The van der Waals surface area contributed by atoms with Crippen LogP contribution in [0.15, 0.2) is 18.2 Å². The molecule has 4 nitrogen and oxygen atoms in total. The van der Waals surface area contributed by atoms with Crippen molar-refractivity contribution >= 4 is 49.9 Å². The molecule has 0 spiro atoms. The largest absolute Gasteiger partial charge is 0.313 e. The molecule has 0 saturated carbocycles. The van der Waals surface area contributed by atoms with Crippen LogP contribution in [-0.2, 0) is 10.0 Å². The minimum Gasteiger partial charge on any atom is -0.313 e. The Kier molecular flexibility index (Phi) is 6.16. The summed E-state index contributed by atoms with van der Waals surface area (Å²) in [6.45, 7) is 4.35. The topological polar surface area (TPSA) is 58.2 Å². The number of nitrogens with one attached hydrogen (secondary N) is 2. The van der Waals surface area contributed by atoms with Crippen molar-refractivity contribution < 1.29 is 8.42 Å². The van der Waals surface area contributed by atoms with E-state index in [0.717, 1.165) is 3.57 Å². The highest BCUT2D eigenvalue weighted by atomic mass is 127. The Hall–Kier alpha value is -0.0500. The number of halogens is 2. The average molecular weight is 403 g/mol. The second-order valence-electron chi connectivity index (χ2n) is 4.15. The van der Waals surface area contributed by atoms with Gasteiger partial charge in [0.15, 0.2) is 0 Å². The van der Waals surface area contributed by atoms with Gasteiger partial charge in [-0.3, -0.25) is 4.72 Å². The highest BCUT2D eigenvalue weighted by Crippen LogP contribution is 2.24. The van der Waals surface area contributed by atoms with Gasteiger partial charge in [0.05, 0.1) is 16.5 Å². The molecule has 0 amide bonds. The van der Waals surface area contributed by atoms with Crippen molar-refractivity contribution in [2.75, 3.05) is 17.0 Å². The van der Waals surface area contributed by atoms with E-state index in [0.29, 0.717) is 17.3 Å². The number of benzene rings is 1. The van der Waals surface area contributed by atoms with Crippen molar-refractivity contribution in [3.63, 3.8) is 0 Å². The van der Waals surface area contributed by atoms with Crippen LogP contribution in [0.4, 0.5) is 5.69 Å². The molecule has 1 aromatic carbocycles. The normalized spacial score (nSPS) is 11.8. The maximum Gasteiger partial charge on any atom is 0.234 e. The summed E-state index contributed by atoms with van der Waals surface area (Å²) < 4.78 is 27.1. The van der Waals surface area contributed by atoms with Crippen molar-refractivity contribution in [1.29, 1.82) is 0 Å². The molecule has 0 atom stereocenters. The van der Waals surface area contributed by atoms with Gasteiger partial charge in [0.1, 0.15) is 0 Å². The van der Waals surface area contributed by atoms with E-state index in [2.05, 4.69) is 32.6 Å². The van der Waals surface area contributed by atoms with Crippen LogP contribution in [-0.4, -0.2) is 26.8 Å². The van der Waals surface area contributed by atoms with Crippen LogP contribution in [0.5, 0.6) is 0 Å². The van der Waals surface area contributed by atoms with E-state index >= 15 is 0 Å². The van der Waals surface area contributed by atoms with Crippen LogP contribution in [0.1, 0.15) is 13.8 Å². The maximum atomic E-state index is 11.8. The molecule has 7 heteroatoms. The fourth-order valence-corrected chi connectivity index (χ4v) is 2.98. The second kappa shape index (κ2) is 6.93. The van der Waals surface area contributed by atoms with Crippen LogP contribution in [0.2, 0.25) is 5.02 Å². The molecule has 18 heavy (non-hydrogen) atoms. The lowest BCUT2D eigenvalue weighted by atomic mass is 10.3. The molecule has 2 N–H and O–H groups in total. The molecule has 1 rings (SSSR count). The second-order valence-corrected chi connectivity index (χ2v) is 7.65. The van der Waals surface area contributed by atoms with E-state index in [1.807, 2.05) is 19.9 Å². The molecule has 0 bridgehead atoms. The summed E-state index contributed by atoms with van der Waals surface area (Å²) in [5, 5.41) is 3.46. The Morgan fingerprint density at radius 2 is 2.06 bits per heavy atom. The zero-order valence-electron chi connectivity index (χ0n) is 10.2. The SMILES string of the molecule is CC(C)NCCS(=O)(=O)Nc1cc(I)ccc1Cl. The van der Waals surface area contributed by atoms with Gasteiger partial charge in [0.25, 0.3) is 0 Å². The van der Waals surface area contributed by atoms with Gasteiger partial charge < -0.3 is 5.32 Å². The highest BCUT2D eigenvalue weighted by molar-refractivity contribution is 14.1. The highest BCUT2D eigenvalue weighted by Gasteiger charge is 2.12. The number of rotatable bonds is 6. The number of hydrogen-bond donors (Lipinski definition) is 2. The molecule has 0 aliphatic heterocycles. The maximum absolute atomic E-state index is 11.8. The minimum atomic E-state index is -3.37. The zero-order valence-corrected chi connectivity index (χ0v) is 13.9. The lowest BCUT2D eigenvalue weighted by Gasteiger charge is -2.11. The molecule has 0 radical (unpaired) electrons. The summed E-state index contributed by atoms with van der Waals surface area (Å²) in [5.74, 6) is 0.0208. The van der Waals surface area contributed by atoms with Gasteiger partial charge in [0.2, 0.25) is 10.0 Å². The molecule has 0 aliphatic carbocycles. The molecule has 102 valence electrons. The summed E-state index contributed by atoms with van der Waals surface area (Å²) in [6, 6.07) is 5.46. The zero-order chi connectivity index (χ0) is 13.8. The summed E-state index contributed by atoms with van der Waals surface area (Å²) in [7, 11) is -3.37. The third-order valence-corrected chi connectivity index (χ3v) is 4.39. The van der Waals surface area contributed by atoms with Gasteiger partial charge in [-0.15, -0.1) is 0 Å². The van der Waals surface area contributed by atoms with Gasteiger partial charge >= 0.3 is 0 Å². The standard InChI is InChI=1S/C11H16ClIN2O2S/c1-8(2)14-5-6-18(16,17)15-11-7-9(13)3-4-10(11)12/h3-4,7-8,14-15H,5-6H2,1-2H3. The van der Waals surface area contributed by atoms with Gasteiger partial charge in [-0.25, -0.2) is 8.42 Å². The fourth-order valence-electron chi connectivity index (χ4n) is 1.28. The summed E-state index contributed by atoms with van der Waals surface area (Å²) in [4.78, 5) is 0. The summed E-state index contributed by atoms with van der Waals surface area (Å²) in [6.07, 6.45) is 0. The van der Waals surface area contributed by atoms with Crippen LogP contribution in [0.25, 0.3) is 0 Å². The smallest absolute Gasteiger partial charge is 0.234 e.